The maximum absolute atomic E-state index is 11.1. The predicted octanol–water partition coefficient (Wildman–Crippen LogP) is 0.283. The lowest BCUT2D eigenvalue weighted by molar-refractivity contribution is -0.123. The van der Waals surface area contributed by atoms with Crippen LogP contribution >= 0.6 is 0 Å². The molecule has 0 bridgehead atoms. The summed E-state index contributed by atoms with van der Waals surface area (Å²) in [5.74, 6) is 0.363. The van der Waals surface area contributed by atoms with Gasteiger partial charge in [0, 0.05) is 5.92 Å². The minimum absolute atomic E-state index is 0.0388. The molecule has 0 aromatic carbocycles. The van der Waals surface area contributed by atoms with Gasteiger partial charge in [-0.1, -0.05) is 6.92 Å². The van der Waals surface area contributed by atoms with Crippen LogP contribution < -0.4 is 5.32 Å². The summed E-state index contributed by atoms with van der Waals surface area (Å²) in [6.07, 6.45) is 2.84. The van der Waals surface area contributed by atoms with Crippen LogP contribution in [0.2, 0.25) is 0 Å². The highest BCUT2D eigenvalue weighted by Crippen LogP contribution is 2.28. The molecule has 0 spiro atoms. The first-order chi connectivity index (χ1) is 5.27. The second-order valence-electron chi connectivity index (χ2n) is 3.07. The standard InChI is InChI=1S/C8H15NO2/c1-2-7(5-10)9-8(11)6-3-4-6/h6-7,10H,2-5H2,1H3,(H,9,11)/t7-/m1/s1. The lowest BCUT2D eigenvalue weighted by Crippen LogP contribution is -2.37. The first kappa shape index (κ1) is 8.53. The zero-order valence-corrected chi connectivity index (χ0v) is 6.84. The molecule has 11 heavy (non-hydrogen) atoms. The third-order valence-corrected chi connectivity index (χ3v) is 2.01. The molecule has 64 valence electrons. The Morgan fingerprint density at radius 2 is 2.36 bits per heavy atom. The fraction of sp³-hybridized carbons (Fsp3) is 0.875. The van der Waals surface area contributed by atoms with Gasteiger partial charge in [-0.05, 0) is 19.3 Å². The van der Waals surface area contributed by atoms with Crippen LogP contribution in [0.15, 0.2) is 0 Å². The number of aliphatic hydroxyl groups is 1. The Labute approximate surface area is 66.8 Å². The molecule has 0 aromatic heterocycles. The second-order valence-corrected chi connectivity index (χ2v) is 3.07. The van der Waals surface area contributed by atoms with Crippen LogP contribution in [0, 0.1) is 5.92 Å². The highest BCUT2D eigenvalue weighted by atomic mass is 16.3. The topological polar surface area (TPSA) is 49.3 Å². The van der Waals surface area contributed by atoms with Gasteiger partial charge in [0.15, 0.2) is 0 Å². The van der Waals surface area contributed by atoms with Crippen molar-refractivity contribution >= 4 is 5.91 Å². The molecule has 1 aliphatic rings. The Balaban J connectivity index is 2.20. The Hall–Kier alpha value is -0.570. The van der Waals surface area contributed by atoms with Gasteiger partial charge >= 0.3 is 0 Å². The van der Waals surface area contributed by atoms with Crippen LogP contribution in [-0.2, 0) is 4.79 Å². The SMILES string of the molecule is CC[C@H](CO)NC(=O)C1CC1. The number of rotatable bonds is 4. The Kier molecular flexibility index (Phi) is 2.88. The second kappa shape index (κ2) is 3.72. The summed E-state index contributed by atoms with van der Waals surface area (Å²) in [4.78, 5) is 11.1. The fourth-order valence-electron chi connectivity index (χ4n) is 0.941. The van der Waals surface area contributed by atoms with E-state index in [1.54, 1.807) is 0 Å². The molecule has 0 heterocycles. The lowest BCUT2D eigenvalue weighted by Gasteiger charge is -2.12. The van der Waals surface area contributed by atoms with Gasteiger partial charge in [0.2, 0.25) is 5.91 Å². The van der Waals surface area contributed by atoms with Crippen LogP contribution in [0.5, 0.6) is 0 Å². The maximum Gasteiger partial charge on any atom is 0.223 e. The van der Waals surface area contributed by atoms with Gasteiger partial charge in [-0.2, -0.15) is 0 Å². The minimum atomic E-state index is -0.0388. The average molecular weight is 157 g/mol. The maximum atomic E-state index is 11.1. The van der Waals surface area contributed by atoms with Crippen molar-refractivity contribution in [3.8, 4) is 0 Å². The van der Waals surface area contributed by atoms with E-state index in [2.05, 4.69) is 5.32 Å². The first-order valence-electron chi connectivity index (χ1n) is 4.19. The number of amides is 1. The van der Waals surface area contributed by atoms with Gasteiger partial charge in [0.1, 0.15) is 0 Å². The normalized spacial score (nSPS) is 19.5. The summed E-state index contributed by atoms with van der Waals surface area (Å²) in [7, 11) is 0. The van der Waals surface area contributed by atoms with Crippen LogP contribution in [0.25, 0.3) is 0 Å². The van der Waals surface area contributed by atoms with Crippen molar-refractivity contribution in [2.24, 2.45) is 5.92 Å². The van der Waals surface area contributed by atoms with Crippen molar-refractivity contribution in [2.75, 3.05) is 6.61 Å². The number of aliphatic hydroxyl groups excluding tert-OH is 1. The Bertz CT molecular complexity index is 139. The minimum Gasteiger partial charge on any atom is -0.394 e. The molecule has 1 aliphatic carbocycles. The number of carbonyl (C=O) groups is 1. The summed E-state index contributed by atoms with van der Waals surface area (Å²) in [5.41, 5.74) is 0. The quantitative estimate of drug-likeness (QED) is 0.616. The molecular formula is C8H15NO2. The molecule has 1 rings (SSSR count). The molecule has 3 heteroatoms. The van der Waals surface area contributed by atoms with Crippen LogP contribution in [0.4, 0.5) is 0 Å². The zero-order valence-electron chi connectivity index (χ0n) is 6.84. The molecule has 2 N–H and O–H groups in total. The molecule has 3 nitrogen and oxygen atoms in total. The van der Waals surface area contributed by atoms with E-state index < -0.39 is 0 Å². The van der Waals surface area contributed by atoms with Crippen LogP contribution in [0.3, 0.4) is 0 Å². The van der Waals surface area contributed by atoms with E-state index in [4.69, 9.17) is 5.11 Å². The monoisotopic (exact) mass is 157 g/mol. The Morgan fingerprint density at radius 1 is 1.73 bits per heavy atom. The number of nitrogens with one attached hydrogen (secondary N) is 1. The van der Waals surface area contributed by atoms with Crippen LogP contribution in [-0.4, -0.2) is 23.7 Å². The third kappa shape index (κ3) is 2.50. The van der Waals surface area contributed by atoms with E-state index in [9.17, 15) is 4.79 Å². The number of carbonyl (C=O) groups excluding carboxylic acids is 1. The van der Waals surface area contributed by atoms with Crippen molar-refractivity contribution < 1.29 is 9.90 Å². The summed E-state index contributed by atoms with van der Waals surface area (Å²) in [6, 6.07) is -0.0388. The van der Waals surface area contributed by atoms with E-state index >= 15 is 0 Å². The van der Waals surface area contributed by atoms with E-state index in [1.165, 1.54) is 0 Å². The summed E-state index contributed by atoms with van der Waals surface area (Å²) < 4.78 is 0. The van der Waals surface area contributed by atoms with Crippen molar-refractivity contribution in [1.29, 1.82) is 0 Å². The molecule has 0 unspecified atom stereocenters. The van der Waals surface area contributed by atoms with E-state index in [-0.39, 0.29) is 24.5 Å². The van der Waals surface area contributed by atoms with Gasteiger partial charge in [-0.3, -0.25) is 4.79 Å². The summed E-state index contributed by atoms with van der Waals surface area (Å²) >= 11 is 0. The molecule has 1 fully saturated rings. The Morgan fingerprint density at radius 3 is 2.73 bits per heavy atom. The van der Waals surface area contributed by atoms with E-state index in [0.717, 1.165) is 19.3 Å². The highest BCUT2D eigenvalue weighted by molar-refractivity contribution is 5.81. The molecule has 0 aliphatic heterocycles. The van der Waals surface area contributed by atoms with Crippen molar-refractivity contribution in [1.82, 2.24) is 5.32 Å². The van der Waals surface area contributed by atoms with Crippen LogP contribution in [0.1, 0.15) is 26.2 Å². The summed E-state index contributed by atoms with van der Waals surface area (Å²) in [5, 5.41) is 11.6. The van der Waals surface area contributed by atoms with E-state index in [1.807, 2.05) is 6.92 Å². The van der Waals surface area contributed by atoms with Crippen molar-refractivity contribution in [3.05, 3.63) is 0 Å². The molecule has 1 atom stereocenters. The molecule has 1 amide bonds. The first-order valence-corrected chi connectivity index (χ1v) is 4.19. The van der Waals surface area contributed by atoms with Gasteiger partial charge in [0.25, 0.3) is 0 Å². The number of hydrogen-bond acceptors (Lipinski definition) is 2. The molecule has 1 saturated carbocycles. The molecular weight excluding hydrogens is 142 g/mol. The molecule has 0 aromatic rings. The van der Waals surface area contributed by atoms with Gasteiger partial charge in [0.05, 0.1) is 12.6 Å². The fourth-order valence-corrected chi connectivity index (χ4v) is 0.941. The van der Waals surface area contributed by atoms with Gasteiger partial charge < -0.3 is 10.4 Å². The van der Waals surface area contributed by atoms with Gasteiger partial charge in [-0.15, -0.1) is 0 Å². The van der Waals surface area contributed by atoms with Crippen molar-refractivity contribution in [3.63, 3.8) is 0 Å². The molecule has 0 radical (unpaired) electrons. The average Bonchev–Trinajstić information content (AvgIpc) is 2.81. The molecule has 0 saturated heterocycles. The highest BCUT2D eigenvalue weighted by Gasteiger charge is 2.30. The predicted molar refractivity (Wildman–Crippen MR) is 42.0 cm³/mol. The van der Waals surface area contributed by atoms with E-state index in [0.29, 0.717) is 0 Å². The number of hydrogen-bond donors (Lipinski definition) is 2. The zero-order chi connectivity index (χ0) is 8.27. The largest absolute Gasteiger partial charge is 0.394 e. The third-order valence-electron chi connectivity index (χ3n) is 2.01. The summed E-state index contributed by atoms with van der Waals surface area (Å²) in [6.45, 7) is 2.00. The smallest absolute Gasteiger partial charge is 0.223 e. The van der Waals surface area contributed by atoms with Gasteiger partial charge in [-0.25, -0.2) is 0 Å². The lowest BCUT2D eigenvalue weighted by atomic mass is 10.2. The van der Waals surface area contributed by atoms with Crippen molar-refractivity contribution in [2.45, 2.75) is 32.2 Å².